The highest BCUT2D eigenvalue weighted by Gasteiger charge is 2.23. The number of benzene rings is 1. The lowest BCUT2D eigenvalue weighted by Crippen LogP contribution is -2.42. The number of carbonyl (C=O) groups is 1. The summed E-state index contributed by atoms with van der Waals surface area (Å²) in [7, 11) is 3.01. The molecular formula is C18H21ClN4O3. The van der Waals surface area contributed by atoms with E-state index in [1.165, 1.54) is 7.11 Å². The number of aromatic nitrogens is 2. The summed E-state index contributed by atoms with van der Waals surface area (Å²) in [5, 5.41) is 3.96. The van der Waals surface area contributed by atoms with E-state index in [-0.39, 0.29) is 12.1 Å². The number of piperidine rings is 1. The molecule has 26 heavy (non-hydrogen) atoms. The summed E-state index contributed by atoms with van der Waals surface area (Å²) < 4.78 is 10.2. The predicted octanol–water partition coefficient (Wildman–Crippen LogP) is 3.45. The van der Waals surface area contributed by atoms with Gasteiger partial charge in [0.2, 0.25) is 5.95 Å². The number of nitrogens with one attached hydrogen (secondary N) is 1. The third-order valence-corrected chi connectivity index (χ3v) is 4.59. The number of carbonyl (C=O) groups excluding carboxylic acids is 1. The van der Waals surface area contributed by atoms with Gasteiger partial charge in [-0.25, -0.2) is 14.8 Å². The molecule has 1 amide bonds. The van der Waals surface area contributed by atoms with Gasteiger partial charge in [-0.15, -0.1) is 0 Å². The summed E-state index contributed by atoms with van der Waals surface area (Å²) in [5.74, 6) is 1.24. The zero-order valence-electron chi connectivity index (χ0n) is 14.7. The molecule has 0 unspecified atom stereocenters. The van der Waals surface area contributed by atoms with Crippen LogP contribution in [0.15, 0.2) is 30.5 Å². The number of anilines is 1. The van der Waals surface area contributed by atoms with Crippen LogP contribution in [0.5, 0.6) is 5.75 Å². The molecule has 1 aliphatic heterocycles. The van der Waals surface area contributed by atoms with Gasteiger partial charge in [0.05, 0.1) is 19.9 Å². The summed E-state index contributed by atoms with van der Waals surface area (Å²) in [6.45, 7) is 1.29. The van der Waals surface area contributed by atoms with Gasteiger partial charge in [0.25, 0.3) is 0 Å². The number of halogens is 1. The first kappa shape index (κ1) is 18.3. The summed E-state index contributed by atoms with van der Waals surface area (Å²) in [6, 6.07) is 7.43. The van der Waals surface area contributed by atoms with Gasteiger partial charge in [0.15, 0.2) is 0 Å². The number of likely N-dealkylation sites (tertiary alicyclic amines) is 1. The average molecular weight is 377 g/mol. The molecule has 0 spiro atoms. The number of nitrogens with zero attached hydrogens (tertiary/aromatic N) is 3. The summed E-state index contributed by atoms with van der Waals surface area (Å²) in [5.41, 5.74) is 1.54. The second kappa shape index (κ2) is 8.23. The van der Waals surface area contributed by atoms with E-state index in [1.54, 1.807) is 24.3 Å². The van der Waals surface area contributed by atoms with Crippen LogP contribution in [0.2, 0.25) is 5.02 Å². The third-order valence-electron chi connectivity index (χ3n) is 4.35. The van der Waals surface area contributed by atoms with Crippen LogP contribution in [0.4, 0.5) is 10.7 Å². The molecule has 3 rings (SSSR count). The van der Waals surface area contributed by atoms with Gasteiger partial charge < -0.3 is 19.7 Å². The molecule has 0 atom stereocenters. The molecule has 1 fully saturated rings. The van der Waals surface area contributed by atoms with Crippen molar-refractivity contribution < 1.29 is 14.3 Å². The molecule has 7 nitrogen and oxygen atoms in total. The first-order valence-corrected chi connectivity index (χ1v) is 8.75. The number of methoxy groups -OCH3 is 2. The van der Waals surface area contributed by atoms with Crippen molar-refractivity contribution in [3.63, 3.8) is 0 Å². The maximum Gasteiger partial charge on any atom is 0.409 e. The van der Waals surface area contributed by atoms with Crippen LogP contribution < -0.4 is 10.1 Å². The summed E-state index contributed by atoms with van der Waals surface area (Å²) in [6.07, 6.45) is 3.04. The molecule has 138 valence electrons. The molecule has 2 heterocycles. The van der Waals surface area contributed by atoms with E-state index in [9.17, 15) is 4.79 Å². The van der Waals surface area contributed by atoms with Crippen LogP contribution in [0.1, 0.15) is 12.8 Å². The lowest BCUT2D eigenvalue weighted by Gasteiger charge is -2.31. The SMILES string of the molecule is COC(=O)N1CCC(Nc2nccc(-c3cc(Cl)ccc3OC)n2)CC1. The van der Waals surface area contributed by atoms with Crippen molar-refractivity contribution in [2.75, 3.05) is 32.6 Å². The van der Waals surface area contributed by atoms with Gasteiger partial charge in [0.1, 0.15) is 5.75 Å². The second-order valence-electron chi connectivity index (χ2n) is 5.99. The molecule has 0 aliphatic carbocycles. The summed E-state index contributed by atoms with van der Waals surface area (Å²) in [4.78, 5) is 22.2. The highest BCUT2D eigenvalue weighted by molar-refractivity contribution is 6.30. The van der Waals surface area contributed by atoms with E-state index < -0.39 is 0 Å². The monoisotopic (exact) mass is 376 g/mol. The van der Waals surface area contributed by atoms with Gasteiger partial charge in [-0.05, 0) is 37.1 Å². The third kappa shape index (κ3) is 4.16. The quantitative estimate of drug-likeness (QED) is 0.880. The minimum absolute atomic E-state index is 0.201. The topological polar surface area (TPSA) is 76.6 Å². The Morgan fingerprint density at radius 1 is 1.27 bits per heavy atom. The van der Waals surface area contributed by atoms with E-state index in [0.717, 1.165) is 24.1 Å². The maximum absolute atomic E-state index is 11.6. The Labute approximate surface area is 157 Å². The molecule has 8 heteroatoms. The molecule has 1 N–H and O–H groups in total. The van der Waals surface area contributed by atoms with Gasteiger partial charge in [-0.1, -0.05) is 11.6 Å². The number of ether oxygens (including phenoxy) is 2. The van der Waals surface area contributed by atoms with E-state index >= 15 is 0 Å². The number of rotatable bonds is 4. The Morgan fingerprint density at radius 3 is 2.73 bits per heavy atom. The Kier molecular flexibility index (Phi) is 5.78. The normalized spacial score (nSPS) is 14.8. The van der Waals surface area contributed by atoms with Crippen LogP contribution in [0.25, 0.3) is 11.3 Å². The van der Waals surface area contributed by atoms with E-state index in [1.807, 2.05) is 18.2 Å². The average Bonchev–Trinajstić information content (AvgIpc) is 2.68. The van der Waals surface area contributed by atoms with Crippen LogP contribution >= 0.6 is 11.6 Å². The van der Waals surface area contributed by atoms with Crippen molar-refractivity contribution in [1.82, 2.24) is 14.9 Å². The van der Waals surface area contributed by atoms with Crippen molar-refractivity contribution in [1.29, 1.82) is 0 Å². The van der Waals surface area contributed by atoms with Crippen LogP contribution in [0, 0.1) is 0 Å². The Balaban J connectivity index is 1.71. The molecule has 0 saturated carbocycles. The molecule has 0 radical (unpaired) electrons. The standard InChI is InChI=1S/C18H21ClN4O3/c1-25-16-4-3-12(19)11-14(16)15-5-8-20-17(22-15)21-13-6-9-23(10-7-13)18(24)26-2/h3-5,8,11,13H,6-7,9-10H2,1-2H3,(H,20,21,22). The fourth-order valence-electron chi connectivity index (χ4n) is 2.98. The first-order valence-electron chi connectivity index (χ1n) is 8.37. The molecule has 1 aromatic heterocycles. The molecule has 0 bridgehead atoms. The zero-order valence-corrected chi connectivity index (χ0v) is 15.5. The van der Waals surface area contributed by atoms with Crippen LogP contribution in [-0.4, -0.2) is 54.3 Å². The molecule has 2 aromatic rings. The smallest absolute Gasteiger partial charge is 0.409 e. The van der Waals surface area contributed by atoms with Gasteiger partial charge in [-0.3, -0.25) is 0 Å². The van der Waals surface area contributed by atoms with Crippen LogP contribution in [0.3, 0.4) is 0 Å². The fourth-order valence-corrected chi connectivity index (χ4v) is 3.15. The highest BCUT2D eigenvalue weighted by atomic mass is 35.5. The van der Waals surface area contributed by atoms with Crippen molar-refractivity contribution in [2.45, 2.75) is 18.9 Å². The molecule has 1 aromatic carbocycles. The minimum Gasteiger partial charge on any atom is -0.496 e. The lowest BCUT2D eigenvalue weighted by atomic mass is 10.1. The van der Waals surface area contributed by atoms with Crippen molar-refractivity contribution in [2.24, 2.45) is 0 Å². The first-order chi connectivity index (χ1) is 12.6. The van der Waals surface area contributed by atoms with Gasteiger partial charge in [0, 0.05) is 35.9 Å². The van der Waals surface area contributed by atoms with E-state index in [2.05, 4.69) is 15.3 Å². The second-order valence-corrected chi connectivity index (χ2v) is 6.42. The van der Waals surface area contributed by atoms with Gasteiger partial charge in [-0.2, -0.15) is 0 Å². The Bertz CT molecular complexity index is 779. The summed E-state index contributed by atoms with van der Waals surface area (Å²) >= 11 is 6.11. The van der Waals surface area contributed by atoms with Crippen molar-refractivity contribution >= 4 is 23.6 Å². The predicted molar refractivity (Wildman–Crippen MR) is 99.7 cm³/mol. The number of hydrogen-bond acceptors (Lipinski definition) is 6. The Hall–Kier alpha value is -2.54. The highest BCUT2D eigenvalue weighted by Crippen LogP contribution is 2.31. The minimum atomic E-state index is -0.283. The van der Waals surface area contributed by atoms with Crippen molar-refractivity contribution in [3.05, 3.63) is 35.5 Å². The molecule has 1 aliphatic rings. The number of amides is 1. The van der Waals surface area contributed by atoms with Crippen molar-refractivity contribution in [3.8, 4) is 17.0 Å². The fraction of sp³-hybridized carbons (Fsp3) is 0.389. The van der Waals surface area contributed by atoms with Gasteiger partial charge >= 0.3 is 6.09 Å². The maximum atomic E-state index is 11.6. The van der Waals surface area contributed by atoms with E-state index in [0.29, 0.717) is 29.8 Å². The lowest BCUT2D eigenvalue weighted by molar-refractivity contribution is 0.113. The number of hydrogen-bond donors (Lipinski definition) is 1. The molecular weight excluding hydrogens is 356 g/mol. The largest absolute Gasteiger partial charge is 0.496 e. The Morgan fingerprint density at radius 2 is 2.04 bits per heavy atom. The zero-order chi connectivity index (χ0) is 18.5. The van der Waals surface area contributed by atoms with E-state index in [4.69, 9.17) is 21.1 Å². The molecule has 1 saturated heterocycles. The van der Waals surface area contributed by atoms with Crippen LogP contribution in [-0.2, 0) is 4.74 Å².